The Balaban J connectivity index is 0. The molecule has 0 saturated heterocycles. The molecule has 258 valence electrons. The van der Waals surface area contributed by atoms with E-state index < -0.39 is 10.4 Å². The number of hydrogen-bond donors (Lipinski definition) is 0. The van der Waals surface area contributed by atoms with Gasteiger partial charge in [-0.3, -0.25) is 4.18 Å². The molecule has 6 heteroatoms. The monoisotopic (exact) mass is 667 g/mol. The SMILES string of the molecule is CCCCCCCCCCCCCCCCC/C=C/C(CCCCCCCCCCCCCCCCC)COS(=O)(=O)[O-].[K+]. The summed E-state index contributed by atoms with van der Waals surface area (Å²) in [6.45, 7) is 4.54. The van der Waals surface area contributed by atoms with Crippen LogP contribution in [0.4, 0.5) is 0 Å². The molecule has 0 N–H and O–H groups in total. The van der Waals surface area contributed by atoms with Gasteiger partial charge < -0.3 is 4.55 Å². The fraction of sp³-hybridized carbons (Fsp3) is 0.947. The van der Waals surface area contributed by atoms with E-state index in [1.807, 2.05) is 0 Å². The molecule has 0 amide bonds. The minimum absolute atomic E-state index is 0. The van der Waals surface area contributed by atoms with Crippen LogP contribution in [0.2, 0.25) is 0 Å². The largest absolute Gasteiger partial charge is 1.00 e. The third-order valence-electron chi connectivity index (χ3n) is 8.99. The van der Waals surface area contributed by atoms with Crippen molar-refractivity contribution in [2.24, 2.45) is 5.92 Å². The van der Waals surface area contributed by atoms with Crippen LogP contribution < -0.4 is 51.4 Å². The molecular weight excluding hydrogens is 592 g/mol. The minimum atomic E-state index is -4.62. The molecular formula is C38H75KO4S. The van der Waals surface area contributed by atoms with Crippen molar-refractivity contribution in [1.29, 1.82) is 0 Å². The van der Waals surface area contributed by atoms with Gasteiger partial charge >= 0.3 is 51.4 Å². The van der Waals surface area contributed by atoms with Crippen molar-refractivity contribution in [3.05, 3.63) is 12.2 Å². The summed E-state index contributed by atoms with van der Waals surface area (Å²) < 4.78 is 37.6. The maximum Gasteiger partial charge on any atom is 1.00 e. The van der Waals surface area contributed by atoms with E-state index in [1.165, 1.54) is 186 Å². The Morgan fingerprint density at radius 2 is 0.795 bits per heavy atom. The van der Waals surface area contributed by atoms with Gasteiger partial charge in [-0.1, -0.05) is 212 Å². The van der Waals surface area contributed by atoms with Gasteiger partial charge in [-0.2, -0.15) is 0 Å². The molecule has 1 atom stereocenters. The molecule has 0 aromatic rings. The van der Waals surface area contributed by atoms with Crippen LogP contribution in [-0.2, 0) is 14.6 Å². The first kappa shape index (κ1) is 47.4. The molecule has 0 heterocycles. The Morgan fingerprint density at radius 1 is 0.500 bits per heavy atom. The molecule has 0 radical (unpaired) electrons. The van der Waals surface area contributed by atoms with E-state index >= 15 is 0 Å². The number of allylic oxidation sites excluding steroid dienone is 1. The minimum Gasteiger partial charge on any atom is -0.726 e. The van der Waals surface area contributed by atoms with Crippen molar-refractivity contribution in [2.75, 3.05) is 6.61 Å². The number of hydrogen-bond acceptors (Lipinski definition) is 4. The molecule has 0 bridgehead atoms. The van der Waals surface area contributed by atoms with Crippen LogP contribution in [0.1, 0.15) is 219 Å². The molecule has 0 saturated carbocycles. The van der Waals surface area contributed by atoms with Gasteiger partial charge in [-0.05, 0) is 19.3 Å². The molecule has 0 aliphatic rings. The van der Waals surface area contributed by atoms with Crippen LogP contribution in [0.5, 0.6) is 0 Å². The zero-order valence-electron chi connectivity index (χ0n) is 30.1. The summed E-state index contributed by atoms with van der Waals surface area (Å²) in [5.74, 6) is 0.0158. The average molecular weight is 667 g/mol. The molecule has 0 rings (SSSR count). The fourth-order valence-corrected chi connectivity index (χ4v) is 6.45. The number of rotatable bonds is 36. The van der Waals surface area contributed by atoms with Crippen LogP contribution in [0.25, 0.3) is 0 Å². The molecule has 44 heavy (non-hydrogen) atoms. The fourth-order valence-electron chi connectivity index (χ4n) is 6.11. The predicted molar refractivity (Wildman–Crippen MR) is 187 cm³/mol. The van der Waals surface area contributed by atoms with Gasteiger partial charge in [0, 0.05) is 5.92 Å². The normalized spacial score (nSPS) is 12.6. The van der Waals surface area contributed by atoms with Crippen LogP contribution in [0.15, 0.2) is 12.2 Å². The van der Waals surface area contributed by atoms with Crippen molar-refractivity contribution in [3.8, 4) is 0 Å². The first-order valence-corrected chi connectivity index (χ1v) is 20.6. The van der Waals surface area contributed by atoms with E-state index in [0.717, 1.165) is 19.3 Å². The maximum atomic E-state index is 11.0. The average Bonchev–Trinajstić information content (AvgIpc) is 2.98. The topological polar surface area (TPSA) is 66.4 Å². The molecule has 0 aliphatic carbocycles. The zero-order chi connectivity index (χ0) is 31.5. The van der Waals surface area contributed by atoms with Crippen molar-refractivity contribution in [1.82, 2.24) is 0 Å². The molecule has 0 aromatic heterocycles. The van der Waals surface area contributed by atoms with Crippen molar-refractivity contribution >= 4 is 10.4 Å². The van der Waals surface area contributed by atoms with E-state index in [9.17, 15) is 13.0 Å². The standard InChI is InChI=1S/C38H76O4S.K/c1-3-5-7-9-11-13-15-17-19-20-22-24-26-28-30-32-34-36-38(37-42-43(39,40)41)35-33-31-29-27-25-23-21-18-16-14-12-10-8-6-4-2;/h34,36,38H,3-33,35,37H2,1-2H3,(H,39,40,41);/q;+1/p-1/b36-34+;. The van der Waals surface area contributed by atoms with Crippen molar-refractivity contribution < 1.29 is 68.5 Å². The van der Waals surface area contributed by atoms with Crippen molar-refractivity contribution in [2.45, 2.75) is 219 Å². The summed E-state index contributed by atoms with van der Waals surface area (Å²) in [6.07, 6.45) is 46.8. The molecule has 0 aromatic carbocycles. The van der Waals surface area contributed by atoms with Gasteiger partial charge in [0.2, 0.25) is 10.4 Å². The van der Waals surface area contributed by atoms with Gasteiger partial charge in [0.05, 0.1) is 6.61 Å². The van der Waals surface area contributed by atoms with Gasteiger partial charge in [-0.15, -0.1) is 0 Å². The van der Waals surface area contributed by atoms with Crippen LogP contribution >= 0.6 is 0 Å². The quantitative estimate of drug-likeness (QED) is 0.0219. The molecule has 0 aliphatic heterocycles. The van der Waals surface area contributed by atoms with Crippen LogP contribution in [-0.4, -0.2) is 19.6 Å². The predicted octanol–water partition coefficient (Wildman–Crippen LogP) is 10.2. The first-order valence-electron chi connectivity index (χ1n) is 19.3. The van der Waals surface area contributed by atoms with E-state index in [-0.39, 0.29) is 63.9 Å². The first-order chi connectivity index (χ1) is 21.0. The van der Waals surface area contributed by atoms with Gasteiger partial charge in [0.1, 0.15) is 0 Å². The summed E-state index contributed by atoms with van der Waals surface area (Å²) in [4.78, 5) is 0. The van der Waals surface area contributed by atoms with Crippen LogP contribution in [0, 0.1) is 5.92 Å². The Bertz CT molecular complexity index is 668. The molecule has 1 unspecified atom stereocenters. The van der Waals surface area contributed by atoms with E-state index in [0.29, 0.717) is 0 Å². The third kappa shape index (κ3) is 41.3. The van der Waals surface area contributed by atoms with E-state index in [4.69, 9.17) is 0 Å². The Hall–Kier alpha value is 1.25. The molecule has 4 nitrogen and oxygen atoms in total. The Labute approximate surface area is 319 Å². The van der Waals surface area contributed by atoms with E-state index in [2.05, 4.69) is 30.2 Å². The molecule has 0 fully saturated rings. The van der Waals surface area contributed by atoms with Gasteiger partial charge in [-0.25, -0.2) is 8.42 Å². The second-order valence-corrected chi connectivity index (χ2v) is 14.4. The zero-order valence-corrected chi connectivity index (χ0v) is 34.0. The van der Waals surface area contributed by atoms with E-state index in [1.54, 1.807) is 0 Å². The van der Waals surface area contributed by atoms with Crippen LogP contribution in [0.3, 0.4) is 0 Å². The summed E-state index contributed by atoms with van der Waals surface area (Å²) in [6, 6.07) is 0. The second-order valence-electron chi connectivity index (χ2n) is 13.4. The third-order valence-corrected chi connectivity index (χ3v) is 9.41. The summed E-state index contributed by atoms with van der Waals surface area (Å²) in [7, 11) is -4.62. The maximum absolute atomic E-state index is 11.0. The van der Waals surface area contributed by atoms with Crippen molar-refractivity contribution in [3.63, 3.8) is 0 Å². The number of unbranched alkanes of at least 4 members (excludes halogenated alkanes) is 29. The summed E-state index contributed by atoms with van der Waals surface area (Å²) in [5, 5.41) is 0. The van der Waals surface area contributed by atoms with Gasteiger partial charge in [0.25, 0.3) is 0 Å². The summed E-state index contributed by atoms with van der Waals surface area (Å²) >= 11 is 0. The molecule has 0 spiro atoms. The summed E-state index contributed by atoms with van der Waals surface area (Å²) in [5.41, 5.74) is 0. The Morgan fingerprint density at radius 3 is 1.11 bits per heavy atom. The smallest absolute Gasteiger partial charge is 0.726 e. The second kappa shape index (κ2) is 38.7. The van der Waals surface area contributed by atoms with Gasteiger partial charge in [0.15, 0.2) is 0 Å². The Kier molecular flexibility index (Phi) is 41.6.